The zero-order valence-corrected chi connectivity index (χ0v) is 16.5. The van der Waals surface area contributed by atoms with E-state index < -0.39 is 23.8 Å². The Bertz CT molecular complexity index is 722. The molecule has 0 fully saturated rings. The molecule has 2 heterocycles. The SMILES string of the molecule is Cc1sccc1N(CC1C=CN(C(=O)OC(C)(C)C)CC1)C(=O)C(F)(F)F. The van der Waals surface area contributed by atoms with E-state index >= 15 is 0 Å². The maximum atomic E-state index is 13.0. The average Bonchev–Trinajstić information content (AvgIpc) is 2.96. The Morgan fingerprint density at radius 2 is 2.00 bits per heavy atom. The van der Waals surface area contributed by atoms with E-state index in [1.54, 1.807) is 39.2 Å². The zero-order valence-electron chi connectivity index (χ0n) is 15.7. The van der Waals surface area contributed by atoms with Crippen molar-refractivity contribution in [2.75, 3.05) is 18.0 Å². The van der Waals surface area contributed by atoms with Crippen LogP contribution in [0.5, 0.6) is 0 Å². The molecule has 1 aromatic rings. The summed E-state index contributed by atoms with van der Waals surface area (Å²) in [5, 5.41) is 1.66. The third-order valence-electron chi connectivity index (χ3n) is 3.93. The Hall–Kier alpha value is -2.03. The number of carbonyl (C=O) groups excluding carboxylic acids is 2. The van der Waals surface area contributed by atoms with Crippen molar-refractivity contribution in [1.29, 1.82) is 0 Å². The highest BCUT2D eigenvalue weighted by molar-refractivity contribution is 7.10. The molecule has 0 saturated carbocycles. The van der Waals surface area contributed by atoms with Gasteiger partial charge in [0.1, 0.15) is 5.60 Å². The number of nitrogens with zero attached hydrogens (tertiary/aromatic N) is 2. The molecule has 1 aliphatic heterocycles. The first kappa shape index (κ1) is 21.3. The van der Waals surface area contributed by atoms with Gasteiger partial charge < -0.3 is 9.64 Å². The van der Waals surface area contributed by atoms with E-state index in [0.29, 0.717) is 17.8 Å². The third kappa shape index (κ3) is 5.72. The summed E-state index contributed by atoms with van der Waals surface area (Å²) >= 11 is 1.28. The molecule has 150 valence electrons. The fourth-order valence-corrected chi connectivity index (χ4v) is 3.36. The molecule has 0 aliphatic carbocycles. The van der Waals surface area contributed by atoms with Crippen LogP contribution in [-0.4, -0.2) is 41.8 Å². The van der Waals surface area contributed by atoms with Crippen LogP contribution in [0.1, 0.15) is 32.1 Å². The molecule has 1 atom stereocenters. The second-order valence-corrected chi connectivity index (χ2v) is 8.46. The minimum atomic E-state index is -4.95. The Kier molecular flexibility index (Phi) is 6.24. The van der Waals surface area contributed by atoms with Crippen molar-refractivity contribution in [1.82, 2.24) is 4.90 Å². The lowest BCUT2D eigenvalue weighted by Crippen LogP contribution is -2.45. The van der Waals surface area contributed by atoms with E-state index in [1.807, 2.05) is 0 Å². The van der Waals surface area contributed by atoms with Crippen LogP contribution in [0.15, 0.2) is 23.7 Å². The number of amides is 2. The Morgan fingerprint density at radius 1 is 1.33 bits per heavy atom. The molecule has 9 heteroatoms. The second kappa shape index (κ2) is 7.92. The molecule has 0 spiro atoms. The standard InChI is InChI=1S/C18H23F3N2O3S/c1-12-14(7-10-27-12)23(15(24)18(19,20)21)11-13-5-8-22(9-6-13)16(25)26-17(2,3)4/h5,7-8,10,13H,6,9,11H2,1-4H3. The maximum Gasteiger partial charge on any atom is 0.471 e. The molecule has 0 saturated heterocycles. The predicted octanol–water partition coefficient (Wildman–Crippen LogP) is 4.72. The molecule has 27 heavy (non-hydrogen) atoms. The summed E-state index contributed by atoms with van der Waals surface area (Å²) in [7, 11) is 0. The molecule has 1 unspecified atom stereocenters. The Morgan fingerprint density at radius 3 is 2.44 bits per heavy atom. The monoisotopic (exact) mass is 404 g/mol. The summed E-state index contributed by atoms with van der Waals surface area (Å²) in [5.41, 5.74) is -0.362. The molecule has 5 nitrogen and oxygen atoms in total. The van der Waals surface area contributed by atoms with Gasteiger partial charge >= 0.3 is 18.2 Å². The van der Waals surface area contributed by atoms with Crippen molar-refractivity contribution in [3.05, 3.63) is 28.6 Å². The second-order valence-electron chi connectivity index (χ2n) is 7.34. The molecule has 0 N–H and O–H groups in total. The molecule has 2 rings (SSSR count). The van der Waals surface area contributed by atoms with Crippen LogP contribution in [-0.2, 0) is 9.53 Å². The number of aryl methyl sites for hydroxylation is 1. The van der Waals surface area contributed by atoms with Crippen LogP contribution in [0.3, 0.4) is 0 Å². The lowest BCUT2D eigenvalue weighted by atomic mass is 10.0. The third-order valence-corrected chi connectivity index (χ3v) is 4.77. The van der Waals surface area contributed by atoms with Gasteiger partial charge in [-0.05, 0) is 51.5 Å². The van der Waals surface area contributed by atoms with Gasteiger partial charge in [-0.15, -0.1) is 11.3 Å². The van der Waals surface area contributed by atoms with Gasteiger partial charge in [0.05, 0.1) is 5.69 Å². The van der Waals surface area contributed by atoms with Gasteiger partial charge in [0.15, 0.2) is 0 Å². The minimum Gasteiger partial charge on any atom is -0.443 e. The largest absolute Gasteiger partial charge is 0.471 e. The van der Waals surface area contributed by atoms with Gasteiger partial charge in [0.25, 0.3) is 0 Å². The molecule has 0 radical (unpaired) electrons. The first-order chi connectivity index (χ1) is 12.4. The van der Waals surface area contributed by atoms with Gasteiger partial charge in [0, 0.05) is 24.2 Å². The minimum absolute atomic E-state index is 0.103. The average molecular weight is 404 g/mol. The summed E-state index contributed by atoms with van der Waals surface area (Å²) in [5.74, 6) is -2.18. The van der Waals surface area contributed by atoms with E-state index in [1.165, 1.54) is 28.5 Å². The smallest absolute Gasteiger partial charge is 0.443 e. The highest BCUT2D eigenvalue weighted by atomic mass is 32.1. The normalized spacial score (nSPS) is 17.7. The number of hydrogen-bond acceptors (Lipinski definition) is 4. The molecular formula is C18H23F3N2O3S. The summed E-state index contributed by atoms with van der Waals surface area (Å²) in [6, 6.07) is 1.52. The molecule has 0 bridgehead atoms. The van der Waals surface area contributed by atoms with Crippen molar-refractivity contribution in [2.45, 2.75) is 45.9 Å². The summed E-state index contributed by atoms with van der Waals surface area (Å²) < 4.78 is 44.4. The van der Waals surface area contributed by atoms with Gasteiger partial charge in [-0.25, -0.2) is 4.79 Å². The Balaban J connectivity index is 2.11. The molecular weight excluding hydrogens is 381 g/mol. The fourth-order valence-electron chi connectivity index (χ4n) is 2.66. The van der Waals surface area contributed by atoms with Crippen LogP contribution < -0.4 is 4.90 Å². The number of ether oxygens (including phenoxy) is 1. The molecule has 0 aromatic carbocycles. The van der Waals surface area contributed by atoms with Gasteiger partial charge in [-0.3, -0.25) is 9.69 Å². The van der Waals surface area contributed by atoms with E-state index in [9.17, 15) is 22.8 Å². The van der Waals surface area contributed by atoms with Crippen LogP contribution in [0.4, 0.5) is 23.7 Å². The number of halogens is 3. The summed E-state index contributed by atoms with van der Waals surface area (Å²) in [6.07, 6.45) is -1.87. The number of rotatable bonds is 3. The molecule has 1 aliphatic rings. The van der Waals surface area contributed by atoms with Gasteiger partial charge in [-0.1, -0.05) is 6.08 Å². The number of carbonyl (C=O) groups is 2. The van der Waals surface area contributed by atoms with E-state index in [-0.39, 0.29) is 18.2 Å². The first-order valence-electron chi connectivity index (χ1n) is 8.49. The topological polar surface area (TPSA) is 49.9 Å². The van der Waals surface area contributed by atoms with Crippen molar-refractivity contribution < 1.29 is 27.5 Å². The van der Waals surface area contributed by atoms with Crippen molar-refractivity contribution >= 4 is 29.0 Å². The summed E-state index contributed by atoms with van der Waals surface area (Å²) in [4.78, 5) is 26.8. The lowest BCUT2D eigenvalue weighted by molar-refractivity contribution is -0.170. The van der Waals surface area contributed by atoms with Crippen LogP contribution >= 0.6 is 11.3 Å². The molecule has 2 amide bonds. The van der Waals surface area contributed by atoms with E-state index in [0.717, 1.165) is 4.90 Å². The van der Waals surface area contributed by atoms with Crippen molar-refractivity contribution in [2.24, 2.45) is 5.92 Å². The highest BCUT2D eigenvalue weighted by Gasteiger charge is 2.44. The van der Waals surface area contributed by atoms with Crippen molar-refractivity contribution in [3.63, 3.8) is 0 Å². The number of hydrogen-bond donors (Lipinski definition) is 0. The highest BCUT2D eigenvalue weighted by Crippen LogP contribution is 2.31. The zero-order chi connectivity index (χ0) is 20.4. The Labute approximate surface area is 160 Å². The fraction of sp³-hybridized carbons (Fsp3) is 0.556. The maximum absolute atomic E-state index is 13.0. The van der Waals surface area contributed by atoms with Gasteiger partial charge in [0.2, 0.25) is 0 Å². The number of anilines is 1. The number of thiophene rings is 1. The lowest BCUT2D eigenvalue weighted by Gasteiger charge is -2.32. The van der Waals surface area contributed by atoms with E-state index in [4.69, 9.17) is 4.74 Å². The molecule has 1 aromatic heterocycles. The van der Waals surface area contributed by atoms with Crippen LogP contribution in [0.25, 0.3) is 0 Å². The quantitative estimate of drug-likeness (QED) is 0.732. The van der Waals surface area contributed by atoms with Crippen LogP contribution in [0, 0.1) is 12.8 Å². The van der Waals surface area contributed by atoms with E-state index in [2.05, 4.69) is 0 Å². The van der Waals surface area contributed by atoms with Crippen molar-refractivity contribution in [3.8, 4) is 0 Å². The predicted molar refractivity (Wildman–Crippen MR) is 97.7 cm³/mol. The first-order valence-corrected chi connectivity index (χ1v) is 9.37. The van der Waals surface area contributed by atoms with Gasteiger partial charge in [-0.2, -0.15) is 13.2 Å². The number of alkyl halides is 3. The summed E-state index contributed by atoms with van der Waals surface area (Å²) in [6.45, 7) is 7.15. The van der Waals surface area contributed by atoms with Crippen LogP contribution in [0.2, 0.25) is 0 Å².